The van der Waals surface area contributed by atoms with Crippen LogP contribution in [-0.4, -0.2) is 45.3 Å². The van der Waals surface area contributed by atoms with E-state index in [0.29, 0.717) is 5.56 Å². The van der Waals surface area contributed by atoms with Crippen LogP contribution >= 0.6 is 0 Å². The van der Waals surface area contributed by atoms with Crippen molar-refractivity contribution in [3.05, 3.63) is 65.7 Å². The molecule has 9 heteroatoms. The number of hydrogen-bond donors (Lipinski definition) is 5. The van der Waals surface area contributed by atoms with Crippen molar-refractivity contribution in [3.8, 4) is 5.75 Å². The second kappa shape index (κ2) is 12.6. The molecule has 33 heavy (non-hydrogen) atoms. The fourth-order valence-electron chi connectivity index (χ4n) is 3.31. The summed E-state index contributed by atoms with van der Waals surface area (Å²) < 4.78 is 5.39. The van der Waals surface area contributed by atoms with Crippen LogP contribution in [0.25, 0.3) is 0 Å². The molecule has 3 atom stereocenters. The van der Waals surface area contributed by atoms with E-state index in [1.165, 1.54) is 17.6 Å². The lowest BCUT2D eigenvalue weighted by Crippen LogP contribution is -2.51. The number of carbonyl (C=O) groups is 3. The standard InChI is InChI=1S/C24H30N2O7/c1-15(2)12-19(21(28)23(30)26-32)22(29)25-20(13-16-8-10-18(27)11-9-16)24(31)33-14-17-6-4-3-5-7-17/h3-11,15,19-21,27-28,32H,12-14H2,1-2H3,(H,25,29)(H,26,30)/t19-,20?,21+/m1/s1. The number of aromatic hydroxyl groups is 1. The number of amides is 2. The maximum atomic E-state index is 13.0. The van der Waals surface area contributed by atoms with E-state index in [2.05, 4.69) is 5.32 Å². The van der Waals surface area contributed by atoms with Gasteiger partial charge in [0.15, 0.2) is 0 Å². The zero-order valence-corrected chi connectivity index (χ0v) is 18.6. The molecule has 0 saturated carbocycles. The molecule has 0 heterocycles. The van der Waals surface area contributed by atoms with E-state index < -0.39 is 35.8 Å². The van der Waals surface area contributed by atoms with Gasteiger partial charge in [-0.25, -0.2) is 10.3 Å². The van der Waals surface area contributed by atoms with Crippen molar-refractivity contribution in [1.29, 1.82) is 0 Å². The predicted octanol–water partition coefficient (Wildman–Crippen LogP) is 1.69. The fourth-order valence-corrected chi connectivity index (χ4v) is 3.31. The second-order valence-electron chi connectivity index (χ2n) is 8.18. The Bertz CT molecular complexity index is 916. The Morgan fingerprint density at radius 3 is 2.15 bits per heavy atom. The average molecular weight is 459 g/mol. The van der Waals surface area contributed by atoms with Crippen molar-refractivity contribution in [1.82, 2.24) is 10.8 Å². The molecule has 0 radical (unpaired) electrons. The highest BCUT2D eigenvalue weighted by atomic mass is 16.5. The van der Waals surface area contributed by atoms with Crippen molar-refractivity contribution < 1.29 is 34.5 Å². The highest BCUT2D eigenvalue weighted by Gasteiger charge is 2.35. The number of rotatable bonds is 11. The SMILES string of the molecule is CC(C)C[C@@H](C(=O)NC(Cc1ccc(O)cc1)C(=O)OCc1ccccc1)[C@H](O)C(=O)NO. The van der Waals surface area contributed by atoms with Gasteiger partial charge in [0, 0.05) is 6.42 Å². The minimum absolute atomic E-state index is 0.00654. The summed E-state index contributed by atoms with van der Waals surface area (Å²) in [5, 5.41) is 31.2. The first-order chi connectivity index (χ1) is 15.7. The molecule has 0 saturated heterocycles. The summed E-state index contributed by atoms with van der Waals surface area (Å²) in [6.45, 7) is 3.63. The molecule has 9 nitrogen and oxygen atoms in total. The van der Waals surface area contributed by atoms with Gasteiger partial charge in [-0.1, -0.05) is 56.3 Å². The third kappa shape index (κ3) is 8.21. The Hall–Kier alpha value is -3.43. The van der Waals surface area contributed by atoms with Crippen molar-refractivity contribution in [3.63, 3.8) is 0 Å². The Morgan fingerprint density at radius 2 is 1.58 bits per heavy atom. The molecule has 0 aliphatic heterocycles. The maximum absolute atomic E-state index is 13.0. The van der Waals surface area contributed by atoms with E-state index in [1.807, 2.05) is 32.0 Å². The molecule has 1 unspecified atom stereocenters. The monoisotopic (exact) mass is 458 g/mol. The zero-order valence-electron chi connectivity index (χ0n) is 18.6. The number of esters is 1. The zero-order chi connectivity index (χ0) is 24.4. The number of phenols is 1. The van der Waals surface area contributed by atoms with E-state index in [9.17, 15) is 24.6 Å². The van der Waals surface area contributed by atoms with E-state index in [0.717, 1.165) is 5.56 Å². The number of benzene rings is 2. The van der Waals surface area contributed by atoms with Crippen LogP contribution in [0.4, 0.5) is 0 Å². The van der Waals surface area contributed by atoms with Crippen LogP contribution in [0.3, 0.4) is 0 Å². The summed E-state index contributed by atoms with van der Waals surface area (Å²) in [5.74, 6) is -3.72. The molecule has 2 rings (SSSR count). The van der Waals surface area contributed by atoms with Crippen molar-refractivity contribution in [2.75, 3.05) is 0 Å². The number of aliphatic hydroxyl groups excluding tert-OH is 1. The minimum Gasteiger partial charge on any atom is -0.508 e. The molecule has 2 aromatic carbocycles. The molecule has 0 bridgehead atoms. The number of phenolic OH excluding ortho intramolecular Hbond substituents is 1. The molecule has 0 spiro atoms. The van der Waals surface area contributed by atoms with E-state index >= 15 is 0 Å². The van der Waals surface area contributed by atoms with Gasteiger partial charge in [-0.15, -0.1) is 0 Å². The first-order valence-corrected chi connectivity index (χ1v) is 10.6. The largest absolute Gasteiger partial charge is 0.508 e. The van der Waals surface area contributed by atoms with Crippen LogP contribution in [0.15, 0.2) is 54.6 Å². The van der Waals surface area contributed by atoms with Gasteiger partial charge in [-0.05, 0) is 35.6 Å². The molecule has 0 aliphatic carbocycles. The minimum atomic E-state index is -1.80. The van der Waals surface area contributed by atoms with Crippen LogP contribution < -0.4 is 10.8 Å². The van der Waals surface area contributed by atoms with Gasteiger partial charge in [0.05, 0.1) is 5.92 Å². The highest BCUT2D eigenvalue weighted by molar-refractivity contribution is 5.91. The highest BCUT2D eigenvalue weighted by Crippen LogP contribution is 2.18. The molecule has 2 aromatic rings. The summed E-state index contributed by atoms with van der Waals surface area (Å²) >= 11 is 0. The molecule has 2 amide bonds. The summed E-state index contributed by atoms with van der Waals surface area (Å²) in [5.41, 5.74) is 2.78. The normalized spacial score (nSPS) is 13.6. The molecule has 5 N–H and O–H groups in total. The molecule has 178 valence electrons. The van der Waals surface area contributed by atoms with Gasteiger partial charge in [-0.3, -0.25) is 14.8 Å². The van der Waals surface area contributed by atoms with Crippen LogP contribution in [0.1, 0.15) is 31.4 Å². The van der Waals surface area contributed by atoms with E-state index in [-0.39, 0.29) is 31.1 Å². The van der Waals surface area contributed by atoms with E-state index in [4.69, 9.17) is 9.94 Å². The van der Waals surface area contributed by atoms with Crippen LogP contribution in [0.5, 0.6) is 5.75 Å². The number of hydroxylamine groups is 1. The van der Waals surface area contributed by atoms with Crippen LogP contribution in [0.2, 0.25) is 0 Å². The lowest BCUT2D eigenvalue weighted by Gasteiger charge is -2.25. The summed E-state index contributed by atoms with van der Waals surface area (Å²) in [6, 6.07) is 14.1. The third-order valence-electron chi connectivity index (χ3n) is 5.02. The Balaban J connectivity index is 2.20. The lowest BCUT2D eigenvalue weighted by atomic mass is 9.90. The van der Waals surface area contributed by atoms with Gasteiger partial charge in [0.2, 0.25) is 5.91 Å². The fraction of sp³-hybridized carbons (Fsp3) is 0.375. The number of hydrogen-bond acceptors (Lipinski definition) is 7. The van der Waals surface area contributed by atoms with Gasteiger partial charge in [-0.2, -0.15) is 0 Å². The van der Waals surface area contributed by atoms with Crippen molar-refractivity contribution in [2.45, 2.75) is 45.4 Å². The van der Waals surface area contributed by atoms with E-state index in [1.54, 1.807) is 24.3 Å². The number of nitrogens with one attached hydrogen (secondary N) is 2. The topological polar surface area (TPSA) is 145 Å². The summed E-state index contributed by atoms with van der Waals surface area (Å²) in [6.07, 6.45) is -1.59. The number of ether oxygens (including phenoxy) is 1. The maximum Gasteiger partial charge on any atom is 0.329 e. The average Bonchev–Trinajstić information content (AvgIpc) is 2.81. The van der Waals surface area contributed by atoms with Crippen LogP contribution in [-0.2, 0) is 32.1 Å². The van der Waals surface area contributed by atoms with Gasteiger partial charge < -0.3 is 20.3 Å². The Morgan fingerprint density at radius 1 is 0.939 bits per heavy atom. The van der Waals surface area contributed by atoms with Crippen LogP contribution in [0, 0.1) is 11.8 Å². The smallest absolute Gasteiger partial charge is 0.329 e. The molecular formula is C24H30N2O7. The first-order valence-electron chi connectivity index (χ1n) is 10.6. The lowest BCUT2D eigenvalue weighted by molar-refractivity contribution is -0.151. The Labute approximate surface area is 192 Å². The molecule has 0 aliphatic rings. The molecule has 0 fully saturated rings. The van der Waals surface area contributed by atoms with Gasteiger partial charge in [0.1, 0.15) is 24.5 Å². The summed E-state index contributed by atoms with van der Waals surface area (Å²) in [7, 11) is 0. The quantitative estimate of drug-likeness (QED) is 0.196. The predicted molar refractivity (Wildman–Crippen MR) is 119 cm³/mol. The van der Waals surface area contributed by atoms with Gasteiger partial charge >= 0.3 is 5.97 Å². The number of aliphatic hydroxyl groups is 1. The van der Waals surface area contributed by atoms with Gasteiger partial charge in [0.25, 0.3) is 5.91 Å². The van der Waals surface area contributed by atoms with Crippen molar-refractivity contribution >= 4 is 17.8 Å². The third-order valence-corrected chi connectivity index (χ3v) is 5.02. The Kier molecular flexibility index (Phi) is 9.84. The second-order valence-corrected chi connectivity index (χ2v) is 8.18. The summed E-state index contributed by atoms with van der Waals surface area (Å²) in [4.78, 5) is 37.6. The molecular weight excluding hydrogens is 428 g/mol. The van der Waals surface area contributed by atoms with Crippen molar-refractivity contribution in [2.24, 2.45) is 11.8 Å². The first kappa shape index (κ1) is 25.8. The number of carbonyl (C=O) groups excluding carboxylic acids is 3. The molecule has 0 aromatic heterocycles.